The number of imide groups is 1. The maximum Gasteiger partial charge on any atom is 0.573 e. The smallest absolute Gasteiger partial charge is 0.493 e. The Balaban J connectivity index is 0.737. The van der Waals surface area contributed by atoms with Gasteiger partial charge in [0, 0.05) is 73.8 Å². The first-order valence-corrected chi connectivity index (χ1v) is 23.3. The highest BCUT2D eigenvalue weighted by Gasteiger charge is 2.58. The van der Waals surface area contributed by atoms with Crippen LogP contribution in [0.1, 0.15) is 64.1 Å². The average molecular weight is 1020 g/mol. The van der Waals surface area contributed by atoms with Crippen molar-refractivity contribution in [2.24, 2.45) is 18.4 Å². The van der Waals surface area contributed by atoms with E-state index in [1.807, 2.05) is 0 Å². The third-order valence-electron chi connectivity index (χ3n) is 14.2. The molecule has 3 fully saturated rings. The molecule has 382 valence electrons. The number of hydrogen-bond acceptors (Lipinski definition) is 13. The van der Waals surface area contributed by atoms with E-state index in [1.54, 1.807) is 23.1 Å². The van der Waals surface area contributed by atoms with Gasteiger partial charge in [-0.2, -0.15) is 0 Å². The number of halogens is 4. The molecule has 2 atom stereocenters. The fourth-order valence-corrected chi connectivity index (χ4v) is 10.0. The van der Waals surface area contributed by atoms with Crippen molar-refractivity contribution in [3.63, 3.8) is 0 Å². The van der Waals surface area contributed by atoms with Gasteiger partial charge in [0.15, 0.2) is 29.7 Å². The second kappa shape index (κ2) is 18.8. The second-order valence-electron chi connectivity index (χ2n) is 18.5. The minimum absolute atomic E-state index is 0.0678. The number of ether oxygens (including phenoxy) is 4. The normalized spacial score (nSPS) is 18.0. The van der Waals surface area contributed by atoms with E-state index in [0.29, 0.717) is 60.1 Å². The number of methoxy groups -OCH3 is 1. The highest BCUT2D eigenvalue weighted by atomic mass is 19.4. The molecule has 3 N–H and O–H groups in total. The van der Waals surface area contributed by atoms with Gasteiger partial charge in [-0.05, 0) is 98.2 Å². The molecule has 4 aliphatic rings. The van der Waals surface area contributed by atoms with Gasteiger partial charge in [0.1, 0.15) is 23.7 Å². The summed E-state index contributed by atoms with van der Waals surface area (Å²) >= 11 is 0. The van der Waals surface area contributed by atoms with Crippen molar-refractivity contribution in [1.82, 2.24) is 29.7 Å². The van der Waals surface area contributed by atoms with Gasteiger partial charge in [-0.25, -0.2) is 14.4 Å². The van der Waals surface area contributed by atoms with E-state index in [0.717, 1.165) is 18.2 Å². The van der Waals surface area contributed by atoms with Gasteiger partial charge in [0.25, 0.3) is 17.7 Å². The number of nitrogens with zero attached hydrogens (tertiary/aromatic N) is 5. The number of rotatable bonds is 12. The van der Waals surface area contributed by atoms with Crippen molar-refractivity contribution in [1.29, 1.82) is 0 Å². The zero-order chi connectivity index (χ0) is 52.4. The molecular weight excluding hydrogens is 977 g/mol. The fraction of sp³-hybridized carbons (Fsp3) is 0.314. The standard InChI is InChI=1S/C51H44F4N8O11/c1-25-43(44(66)32-18-29(74-51(53,54)55)6-8-36(32)61(25)2)47(69)59-28-5-10-38(34(52)17-28)73-48-31-19-39(71-3)40(20-35(31)56-24-57-48)72-23-42(65)62-14-12-50(13-15-62)21-33(50)45(67)58-27-4-7-30-26(16-27)22-63(49(30)70)37-9-11-41(64)60-46(37)68/h4-8,10,16-20,24,33,37H,9,11-15,21-23H2,1-3H3,(H,58,67)(H,59,69)(H,60,64,68). The summed E-state index contributed by atoms with van der Waals surface area (Å²) in [5, 5.41) is 7.83. The molecule has 0 radical (unpaired) electrons. The Kier molecular flexibility index (Phi) is 12.4. The lowest BCUT2D eigenvalue weighted by atomic mass is 9.90. The molecule has 19 nitrogen and oxygen atoms in total. The van der Waals surface area contributed by atoms with Crippen LogP contribution in [0, 0.1) is 24.1 Å². The molecule has 6 aromatic rings. The SMILES string of the molecule is COc1cc2c(Oc3ccc(NC(=O)c4c(C)n(C)c5ccc(OC(F)(F)F)cc5c4=O)cc3F)ncnc2cc1OCC(=O)N1CCC2(CC1)CC2C(=O)Nc1ccc2c(c1)CN(C1CCC(=O)NC1=O)C2=O. The number of aryl methyl sites for hydroxylation is 1. The van der Waals surface area contributed by atoms with Crippen molar-refractivity contribution in [2.45, 2.75) is 58.0 Å². The summed E-state index contributed by atoms with van der Waals surface area (Å²) in [6.45, 7) is 2.15. The maximum absolute atomic E-state index is 15.6. The Morgan fingerprint density at radius 1 is 0.892 bits per heavy atom. The third-order valence-corrected chi connectivity index (χ3v) is 14.2. The number of pyridine rings is 1. The van der Waals surface area contributed by atoms with E-state index >= 15 is 4.39 Å². The summed E-state index contributed by atoms with van der Waals surface area (Å²) in [5.74, 6) is -4.39. The Hall–Kier alpha value is -8.63. The predicted molar refractivity (Wildman–Crippen MR) is 254 cm³/mol. The van der Waals surface area contributed by atoms with Crippen LogP contribution in [0.15, 0.2) is 77.9 Å². The summed E-state index contributed by atoms with van der Waals surface area (Å²) in [4.78, 5) is 103. The molecule has 10 rings (SSSR count). The molecule has 74 heavy (non-hydrogen) atoms. The topological polar surface area (TPSA) is 230 Å². The molecule has 3 aliphatic heterocycles. The monoisotopic (exact) mass is 1020 g/mol. The van der Waals surface area contributed by atoms with E-state index in [-0.39, 0.29) is 112 Å². The van der Waals surface area contributed by atoms with Gasteiger partial charge < -0.3 is 43.9 Å². The van der Waals surface area contributed by atoms with E-state index in [9.17, 15) is 46.7 Å². The number of likely N-dealkylation sites (tertiary alicyclic amines) is 1. The zero-order valence-electron chi connectivity index (χ0n) is 39.7. The molecule has 23 heteroatoms. The van der Waals surface area contributed by atoms with Gasteiger partial charge >= 0.3 is 6.36 Å². The molecule has 5 heterocycles. The second-order valence-corrected chi connectivity index (χ2v) is 18.5. The largest absolute Gasteiger partial charge is 0.573 e. The molecule has 6 amide bonds. The molecule has 1 spiro atoms. The van der Waals surface area contributed by atoms with Crippen molar-refractivity contribution in [3.05, 3.63) is 111 Å². The van der Waals surface area contributed by atoms with Crippen molar-refractivity contribution in [2.75, 3.05) is 37.4 Å². The van der Waals surface area contributed by atoms with Crippen molar-refractivity contribution < 1.29 is 65.3 Å². The summed E-state index contributed by atoms with van der Waals surface area (Å²) < 4.78 is 77.1. The number of carbonyl (C=O) groups is 6. The molecule has 1 aliphatic carbocycles. The van der Waals surface area contributed by atoms with Crippen LogP contribution in [0.25, 0.3) is 21.8 Å². The third kappa shape index (κ3) is 9.35. The number of anilines is 2. The van der Waals surface area contributed by atoms with E-state index < -0.39 is 41.2 Å². The molecule has 2 aromatic heterocycles. The van der Waals surface area contributed by atoms with E-state index in [1.165, 1.54) is 67.2 Å². The summed E-state index contributed by atoms with van der Waals surface area (Å²) in [5.41, 5.74) is 0.835. The Labute approximate surface area is 416 Å². The summed E-state index contributed by atoms with van der Waals surface area (Å²) in [7, 11) is 2.91. The number of fused-ring (bicyclic) bond motifs is 3. The van der Waals surface area contributed by atoms with Crippen LogP contribution in [-0.2, 0) is 32.8 Å². The van der Waals surface area contributed by atoms with Gasteiger partial charge in [0.2, 0.25) is 29.0 Å². The number of alkyl halides is 3. The van der Waals surface area contributed by atoms with Gasteiger partial charge in [-0.1, -0.05) is 0 Å². The van der Waals surface area contributed by atoms with Crippen LogP contribution >= 0.6 is 0 Å². The number of aromatic nitrogens is 3. The lowest BCUT2D eigenvalue weighted by Crippen LogP contribution is -2.52. The number of nitrogens with one attached hydrogen (secondary N) is 3. The number of hydrogen-bond donors (Lipinski definition) is 3. The Morgan fingerprint density at radius 2 is 1.65 bits per heavy atom. The number of carbonyl (C=O) groups excluding carboxylic acids is 6. The Morgan fingerprint density at radius 3 is 2.38 bits per heavy atom. The highest BCUT2D eigenvalue weighted by molar-refractivity contribution is 6.07. The Bertz CT molecular complexity index is 3450. The minimum Gasteiger partial charge on any atom is -0.493 e. The fourth-order valence-electron chi connectivity index (χ4n) is 10.0. The first-order chi connectivity index (χ1) is 35.3. The molecule has 2 saturated heterocycles. The molecule has 2 unspecified atom stereocenters. The van der Waals surface area contributed by atoms with Gasteiger partial charge in [-0.3, -0.25) is 38.9 Å². The van der Waals surface area contributed by atoms with Gasteiger partial charge in [-0.15, -0.1) is 13.2 Å². The predicted octanol–water partition coefficient (Wildman–Crippen LogP) is 6.29. The average Bonchev–Trinajstić information content (AvgIpc) is 3.97. The lowest BCUT2D eigenvalue weighted by Gasteiger charge is -2.32. The highest BCUT2D eigenvalue weighted by Crippen LogP contribution is 2.59. The van der Waals surface area contributed by atoms with Crippen molar-refractivity contribution in [3.8, 4) is 28.9 Å². The van der Waals surface area contributed by atoms with Gasteiger partial charge in [0.05, 0.1) is 28.9 Å². The minimum atomic E-state index is -5.01. The van der Waals surface area contributed by atoms with Crippen LogP contribution in [0.5, 0.6) is 28.9 Å². The van der Waals surface area contributed by atoms with E-state index in [2.05, 4.69) is 30.7 Å². The quantitative estimate of drug-likeness (QED) is 0.0906. The molecule has 1 saturated carbocycles. The molecular formula is C51H44F4N8O11. The van der Waals surface area contributed by atoms with Crippen LogP contribution in [0.3, 0.4) is 0 Å². The summed E-state index contributed by atoms with van der Waals surface area (Å²) in [6, 6.07) is 14.0. The lowest BCUT2D eigenvalue weighted by molar-refractivity contribution is -0.274. The van der Waals surface area contributed by atoms with Crippen LogP contribution in [0.4, 0.5) is 28.9 Å². The van der Waals surface area contributed by atoms with Crippen LogP contribution < -0.4 is 40.3 Å². The number of amides is 6. The first-order valence-electron chi connectivity index (χ1n) is 23.3. The summed E-state index contributed by atoms with van der Waals surface area (Å²) in [6.07, 6.45) is -1.56. The maximum atomic E-state index is 15.6. The number of piperidine rings is 2. The zero-order valence-corrected chi connectivity index (χ0v) is 39.7. The number of benzene rings is 4. The first kappa shape index (κ1) is 49.0. The van der Waals surface area contributed by atoms with Crippen LogP contribution in [0.2, 0.25) is 0 Å². The van der Waals surface area contributed by atoms with Crippen LogP contribution in [-0.4, -0.2) is 99.0 Å². The van der Waals surface area contributed by atoms with Crippen molar-refractivity contribution >= 4 is 68.6 Å². The van der Waals surface area contributed by atoms with E-state index in [4.69, 9.17) is 14.2 Å². The molecule has 4 aromatic carbocycles. The molecule has 0 bridgehead atoms.